The number of halogens is 4. The smallest absolute Gasteiger partial charge is 0.417 e. The van der Waals surface area contributed by atoms with E-state index in [4.69, 9.17) is 16.3 Å². The highest BCUT2D eigenvalue weighted by Crippen LogP contribution is 2.33. The van der Waals surface area contributed by atoms with E-state index in [1.54, 1.807) is 4.90 Å². The predicted octanol–water partition coefficient (Wildman–Crippen LogP) is 4.05. The Morgan fingerprint density at radius 2 is 1.88 bits per heavy atom. The minimum absolute atomic E-state index is 0.0975. The van der Waals surface area contributed by atoms with E-state index in [2.05, 4.69) is 4.98 Å². The number of carbonyl (C=O) groups is 2. The van der Waals surface area contributed by atoms with Gasteiger partial charge < -0.3 is 14.5 Å². The van der Waals surface area contributed by atoms with Gasteiger partial charge in [0.25, 0.3) is 5.91 Å². The van der Waals surface area contributed by atoms with E-state index in [0.717, 1.165) is 22.7 Å². The van der Waals surface area contributed by atoms with Crippen molar-refractivity contribution in [2.75, 3.05) is 43.4 Å². The first-order chi connectivity index (χ1) is 15.1. The molecule has 1 aromatic heterocycles. The molecule has 1 aliphatic rings. The third kappa shape index (κ3) is 6.29. The molecule has 2 heterocycles. The fraction of sp³-hybridized carbons (Fsp3) is 0.381. The number of amides is 1. The van der Waals surface area contributed by atoms with Crippen molar-refractivity contribution in [1.29, 1.82) is 0 Å². The van der Waals surface area contributed by atoms with Crippen LogP contribution in [-0.4, -0.2) is 60.3 Å². The molecule has 11 heteroatoms. The van der Waals surface area contributed by atoms with Crippen molar-refractivity contribution in [1.82, 2.24) is 9.88 Å². The topological polar surface area (TPSA) is 62.7 Å². The van der Waals surface area contributed by atoms with E-state index in [1.165, 1.54) is 16.7 Å². The number of esters is 1. The first kappa shape index (κ1) is 24.2. The normalized spacial score (nSPS) is 14.4. The van der Waals surface area contributed by atoms with Gasteiger partial charge >= 0.3 is 12.1 Å². The molecule has 172 valence electrons. The molecule has 1 aromatic carbocycles. The number of thioether (sulfide) groups is 1. The molecule has 1 saturated heterocycles. The number of pyridine rings is 1. The van der Waals surface area contributed by atoms with Crippen LogP contribution in [-0.2, 0) is 20.5 Å². The maximum Gasteiger partial charge on any atom is 0.417 e. The quantitative estimate of drug-likeness (QED) is 0.452. The molecule has 0 aliphatic carbocycles. The molecule has 6 nitrogen and oxygen atoms in total. The number of anilines is 1. The van der Waals surface area contributed by atoms with Crippen LogP contribution in [0.15, 0.2) is 41.4 Å². The van der Waals surface area contributed by atoms with Gasteiger partial charge in [0, 0.05) is 37.3 Å². The van der Waals surface area contributed by atoms with Gasteiger partial charge in [0.2, 0.25) is 0 Å². The van der Waals surface area contributed by atoms with Crippen LogP contribution in [0.25, 0.3) is 0 Å². The van der Waals surface area contributed by atoms with Gasteiger partial charge in [-0.05, 0) is 24.6 Å². The zero-order chi connectivity index (χ0) is 23.3. The summed E-state index contributed by atoms with van der Waals surface area (Å²) in [5.74, 6) is -0.466. The van der Waals surface area contributed by atoms with Crippen LogP contribution in [0.2, 0.25) is 5.02 Å². The lowest BCUT2D eigenvalue weighted by Gasteiger charge is -2.35. The lowest BCUT2D eigenvalue weighted by molar-refractivity contribution is -0.150. The highest BCUT2D eigenvalue weighted by Gasteiger charge is 2.32. The third-order valence-corrected chi connectivity index (χ3v) is 6.30. The number of hydrogen-bond donors (Lipinski definition) is 0. The number of benzene rings is 1. The fourth-order valence-corrected chi connectivity index (χ4v) is 4.23. The number of rotatable bonds is 6. The van der Waals surface area contributed by atoms with Crippen LogP contribution >= 0.6 is 23.4 Å². The highest BCUT2D eigenvalue weighted by molar-refractivity contribution is 8.00. The van der Waals surface area contributed by atoms with Crippen molar-refractivity contribution >= 4 is 41.1 Å². The van der Waals surface area contributed by atoms with Crippen molar-refractivity contribution in [3.8, 4) is 0 Å². The number of piperazine rings is 1. The molecule has 0 spiro atoms. The first-order valence-electron chi connectivity index (χ1n) is 9.74. The SMILES string of the molecule is Cc1ccccc1SCC(=O)OCC(=O)N1CCN(c2ncc(C(F)(F)F)cc2Cl)CC1. The van der Waals surface area contributed by atoms with Gasteiger partial charge in [-0.15, -0.1) is 11.8 Å². The Hall–Kier alpha value is -2.46. The van der Waals surface area contributed by atoms with Gasteiger partial charge in [-0.2, -0.15) is 13.2 Å². The number of carbonyl (C=O) groups excluding carboxylic acids is 2. The minimum atomic E-state index is -4.52. The fourth-order valence-electron chi connectivity index (χ4n) is 3.12. The molecule has 0 saturated carbocycles. The van der Waals surface area contributed by atoms with Crippen LogP contribution in [0.4, 0.5) is 19.0 Å². The summed E-state index contributed by atoms with van der Waals surface area (Å²) in [5.41, 5.74) is 0.143. The van der Waals surface area contributed by atoms with Gasteiger partial charge in [0.1, 0.15) is 5.82 Å². The zero-order valence-corrected chi connectivity index (χ0v) is 18.8. The Bertz CT molecular complexity index is 982. The van der Waals surface area contributed by atoms with Gasteiger partial charge in [0.15, 0.2) is 6.61 Å². The van der Waals surface area contributed by atoms with E-state index in [9.17, 15) is 22.8 Å². The molecule has 1 fully saturated rings. The molecular formula is C21H21ClF3N3O3S. The molecule has 3 rings (SSSR count). The summed E-state index contributed by atoms with van der Waals surface area (Å²) in [5, 5.41) is -0.0975. The summed E-state index contributed by atoms with van der Waals surface area (Å²) in [6, 6.07) is 8.50. The lowest BCUT2D eigenvalue weighted by Crippen LogP contribution is -2.50. The Morgan fingerprint density at radius 1 is 1.19 bits per heavy atom. The summed E-state index contributed by atoms with van der Waals surface area (Å²) in [6.45, 7) is 2.92. The monoisotopic (exact) mass is 487 g/mol. The van der Waals surface area contributed by atoms with E-state index >= 15 is 0 Å². The van der Waals surface area contributed by atoms with Gasteiger partial charge in [-0.1, -0.05) is 29.8 Å². The van der Waals surface area contributed by atoms with Crippen molar-refractivity contribution in [2.24, 2.45) is 0 Å². The Balaban J connectivity index is 1.44. The Kier molecular flexibility index (Phi) is 7.89. The van der Waals surface area contributed by atoms with Crippen molar-refractivity contribution in [3.05, 3.63) is 52.7 Å². The second-order valence-electron chi connectivity index (χ2n) is 7.11. The second-order valence-corrected chi connectivity index (χ2v) is 8.53. The second kappa shape index (κ2) is 10.4. The average Bonchev–Trinajstić information content (AvgIpc) is 2.76. The molecule has 32 heavy (non-hydrogen) atoms. The first-order valence-corrected chi connectivity index (χ1v) is 11.1. The predicted molar refractivity (Wildman–Crippen MR) is 116 cm³/mol. The summed E-state index contributed by atoms with van der Waals surface area (Å²) < 4.78 is 43.4. The molecular weight excluding hydrogens is 467 g/mol. The molecule has 1 amide bonds. The van der Waals surface area contributed by atoms with Gasteiger partial charge in [0.05, 0.1) is 16.3 Å². The Morgan fingerprint density at radius 3 is 2.50 bits per heavy atom. The van der Waals surface area contributed by atoms with E-state index in [-0.39, 0.29) is 29.1 Å². The van der Waals surface area contributed by atoms with Gasteiger partial charge in [-0.25, -0.2) is 4.98 Å². The molecule has 1 aliphatic heterocycles. The maximum atomic E-state index is 12.8. The molecule has 0 unspecified atom stereocenters. The van der Waals surface area contributed by atoms with Crippen molar-refractivity contribution < 1.29 is 27.5 Å². The number of hydrogen-bond acceptors (Lipinski definition) is 6. The molecule has 0 atom stereocenters. The number of ether oxygens (including phenoxy) is 1. The number of aryl methyl sites for hydroxylation is 1. The third-order valence-electron chi connectivity index (χ3n) is 4.88. The summed E-state index contributed by atoms with van der Waals surface area (Å²) in [7, 11) is 0. The Labute approximate surface area is 192 Å². The average molecular weight is 488 g/mol. The minimum Gasteiger partial charge on any atom is -0.455 e. The maximum absolute atomic E-state index is 12.8. The van der Waals surface area contributed by atoms with Crippen molar-refractivity contribution in [3.63, 3.8) is 0 Å². The van der Waals surface area contributed by atoms with E-state index in [1.807, 2.05) is 31.2 Å². The van der Waals surface area contributed by atoms with Crippen molar-refractivity contribution in [2.45, 2.75) is 18.0 Å². The summed E-state index contributed by atoms with van der Waals surface area (Å²) in [4.78, 5) is 32.4. The zero-order valence-electron chi connectivity index (χ0n) is 17.2. The molecule has 0 radical (unpaired) electrons. The largest absolute Gasteiger partial charge is 0.455 e. The van der Waals surface area contributed by atoms with E-state index < -0.39 is 17.7 Å². The van der Waals surface area contributed by atoms with Gasteiger partial charge in [-0.3, -0.25) is 9.59 Å². The van der Waals surface area contributed by atoms with Crippen LogP contribution in [0, 0.1) is 6.92 Å². The highest BCUT2D eigenvalue weighted by atomic mass is 35.5. The molecule has 0 bridgehead atoms. The molecule has 2 aromatic rings. The van der Waals surface area contributed by atoms with Crippen LogP contribution in [0.3, 0.4) is 0 Å². The molecule has 0 N–H and O–H groups in total. The van der Waals surface area contributed by atoms with E-state index in [0.29, 0.717) is 26.2 Å². The summed E-state index contributed by atoms with van der Waals surface area (Å²) in [6.07, 6.45) is -3.77. The van der Waals surface area contributed by atoms with Crippen LogP contribution in [0.5, 0.6) is 0 Å². The number of aromatic nitrogens is 1. The number of nitrogens with zero attached hydrogens (tertiary/aromatic N) is 3. The summed E-state index contributed by atoms with van der Waals surface area (Å²) >= 11 is 7.34. The lowest BCUT2D eigenvalue weighted by atomic mass is 10.2. The van der Waals surface area contributed by atoms with Crippen LogP contribution < -0.4 is 4.90 Å². The standard InChI is InChI=1S/C21H21ClF3N3O3S/c1-14-4-2-3-5-17(14)32-13-19(30)31-12-18(29)27-6-8-28(9-7-27)20-16(22)10-15(11-26-20)21(23,24)25/h2-5,10-11H,6-9,12-13H2,1H3. The van der Waals surface area contributed by atoms with Crippen LogP contribution in [0.1, 0.15) is 11.1 Å². The number of alkyl halides is 3.